The number of hydrogen-bond acceptors (Lipinski definition) is 4. The van der Waals surface area contributed by atoms with Crippen molar-refractivity contribution < 1.29 is 5.11 Å². The maximum absolute atomic E-state index is 10.0. The van der Waals surface area contributed by atoms with E-state index in [1.807, 2.05) is 6.92 Å². The van der Waals surface area contributed by atoms with Crippen LogP contribution in [0.2, 0.25) is 0 Å². The van der Waals surface area contributed by atoms with Crippen LogP contribution in [0.15, 0.2) is 0 Å². The first-order chi connectivity index (χ1) is 7.46. The number of thiazole rings is 1. The van der Waals surface area contributed by atoms with Gasteiger partial charge in [0.15, 0.2) is 0 Å². The minimum atomic E-state index is -0.514. The summed E-state index contributed by atoms with van der Waals surface area (Å²) in [4.78, 5) is 8.16. The van der Waals surface area contributed by atoms with Crippen molar-refractivity contribution >= 4 is 11.3 Å². The lowest BCUT2D eigenvalue weighted by molar-refractivity contribution is -0.0181. The summed E-state index contributed by atoms with van der Waals surface area (Å²) in [6, 6.07) is 0. The molecule has 1 atom stereocenters. The van der Waals surface area contributed by atoms with Crippen molar-refractivity contribution in [2.75, 3.05) is 13.1 Å². The molecule has 16 heavy (non-hydrogen) atoms. The number of aliphatic hydroxyl groups is 1. The lowest BCUT2D eigenvalue weighted by Crippen LogP contribution is -2.45. The molecule has 0 bridgehead atoms. The van der Waals surface area contributed by atoms with Crippen molar-refractivity contribution in [1.82, 2.24) is 9.88 Å². The van der Waals surface area contributed by atoms with Crippen LogP contribution in [-0.2, 0) is 6.54 Å². The van der Waals surface area contributed by atoms with Gasteiger partial charge < -0.3 is 5.11 Å². The highest BCUT2D eigenvalue weighted by Crippen LogP contribution is 2.24. The predicted octanol–water partition coefficient (Wildman–Crippen LogP) is 2.11. The first-order valence-corrected chi connectivity index (χ1v) is 6.65. The molecule has 1 aromatic rings. The molecule has 0 aromatic carbocycles. The third-order valence-corrected chi connectivity index (χ3v) is 4.24. The van der Waals surface area contributed by atoms with E-state index in [1.54, 1.807) is 11.3 Å². The zero-order chi connectivity index (χ0) is 11.8. The van der Waals surface area contributed by atoms with Crippen molar-refractivity contribution in [3.63, 3.8) is 0 Å². The molecule has 3 nitrogen and oxygen atoms in total. The average molecular weight is 240 g/mol. The summed E-state index contributed by atoms with van der Waals surface area (Å²) in [5.41, 5.74) is 0.628. The zero-order valence-corrected chi connectivity index (χ0v) is 11.1. The lowest BCUT2D eigenvalue weighted by atomic mass is 9.95. The van der Waals surface area contributed by atoms with Gasteiger partial charge in [-0.3, -0.25) is 4.90 Å². The highest BCUT2D eigenvalue weighted by Gasteiger charge is 2.28. The number of rotatable bonds is 2. The molecule has 1 aliphatic rings. The molecule has 90 valence electrons. The van der Waals surface area contributed by atoms with Crippen LogP contribution in [0.5, 0.6) is 0 Å². The molecule has 1 fully saturated rings. The Kier molecular flexibility index (Phi) is 3.33. The molecular weight excluding hydrogens is 220 g/mol. The van der Waals surface area contributed by atoms with E-state index in [-0.39, 0.29) is 0 Å². The Balaban J connectivity index is 1.99. The van der Waals surface area contributed by atoms with E-state index in [0.29, 0.717) is 0 Å². The quantitative estimate of drug-likeness (QED) is 0.860. The van der Waals surface area contributed by atoms with Gasteiger partial charge in [-0.2, -0.15) is 0 Å². The summed E-state index contributed by atoms with van der Waals surface area (Å²) in [6.07, 6.45) is 2.00. The van der Waals surface area contributed by atoms with Crippen LogP contribution in [0.4, 0.5) is 0 Å². The second-order valence-electron chi connectivity index (χ2n) is 5.06. The zero-order valence-electron chi connectivity index (χ0n) is 10.3. The fourth-order valence-electron chi connectivity index (χ4n) is 2.26. The van der Waals surface area contributed by atoms with Gasteiger partial charge in [0.05, 0.1) is 17.8 Å². The molecule has 0 radical (unpaired) electrons. The summed E-state index contributed by atoms with van der Waals surface area (Å²) in [5, 5.41) is 11.2. The lowest BCUT2D eigenvalue weighted by Gasteiger charge is -2.36. The van der Waals surface area contributed by atoms with Crippen LogP contribution >= 0.6 is 11.3 Å². The molecule has 4 heteroatoms. The number of likely N-dealkylation sites (tertiary alicyclic amines) is 1. The van der Waals surface area contributed by atoms with Crippen molar-refractivity contribution in [3.8, 4) is 0 Å². The van der Waals surface area contributed by atoms with Gasteiger partial charge in [0, 0.05) is 11.4 Å². The first kappa shape index (κ1) is 12.0. The predicted molar refractivity (Wildman–Crippen MR) is 66.7 cm³/mol. The third kappa shape index (κ3) is 2.81. The average Bonchev–Trinajstić information content (AvgIpc) is 2.43. The van der Waals surface area contributed by atoms with Crippen LogP contribution in [0.3, 0.4) is 0 Å². The summed E-state index contributed by atoms with van der Waals surface area (Å²) >= 11 is 1.77. The van der Waals surface area contributed by atoms with Crippen molar-refractivity contribution in [2.45, 2.75) is 45.8 Å². The topological polar surface area (TPSA) is 36.4 Å². The largest absolute Gasteiger partial charge is 0.389 e. The molecule has 1 N–H and O–H groups in total. The number of β-amino-alcohol motifs (C(OH)–C–C–N with tert-alkyl or cyclic N) is 1. The molecule has 1 aliphatic heterocycles. The van der Waals surface area contributed by atoms with Crippen molar-refractivity contribution in [3.05, 3.63) is 15.6 Å². The highest BCUT2D eigenvalue weighted by molar-refractivity contribution is 7.11. The monoisotopic (exact) mass is 240 g/mol. The van der Waals surface area contributed by atoms with Gasteiger partial charge in [-0.15, -0.1) is 11.3 Å². The third-order valence-electron chi connectivity index (χ3n) is 3.19. The molecule has 1 unspecified atom stereocenters. The van der Waals surface area contributed by atoms with Crippen molar-refractivity contribution in [2.24, 2.45) is 0 Å². The van der Waals surface area contributed by atoms with Crippen LogP contribution < -0.4 is 0 Å². The van der Waals surface area contributed by atoms with Gasteiger partial charge >= 0.3 is 0 Å². The summed E-state index contributed by atoms with van der Waals surface area (Å²) in [7, 11) is 0. The maximum atomic E-state index is 10.0. The van der Waals surface area contributed by atoms with E-state index < -0.39 is 5.60 Å². The SMILES string of the molecule is Cc1nc(CN2CCCC(C)(O)C2)sc1C. The molecule has 0 saturated carbocycles. The Labute approximate surface area is 101 Å². The molecule has 2 rings (SSSR count). The maximum Gasteiger partial charge on any atom is 0.107 e. The van der Waals surface area contributed by atoms with Gasteiger partial charge in [-0.05, 0) is 40.2 Å². The Hall–Kier alpha value is -0.450. The van der Waals surface area contributed by atoms with Gasteiger partial charge in [0.1, 0.15) is 5.01 Å². The summed E-state index contributed by atoms with van der Waals surface area (Å²) in [5.74, 6) is 0. The number of aryl methyl sites for hydroxylation is 2. The fraction of sp³-hybridized carbons (Fsp3) is 0.750. The Morgan fingerprint density at radius 1 is 1.50 bits per heavy atom. The molecule has 1 aromatic heterocycles. The van der Waals surface area contributed by atoms with E-state index in [4.69, 9.17) is 0 Å². The van der Waals surface area contributed by atoms with Crippen molar-refractivity contribution in [1.29, 1.82) is 0 Å². The normalized spacial score (nSPS) is 27.2. The number of piperidine rings is 1. The van der Waals surface area contributed by atoms with E-state index in [1.165, 1.54) is 9.88 Å². The number of hydrogen-bond donors (Lipinski definition) is 1. The second kappa shape index (κ2) is 4.43. The smallest absolute Gasteiger partial charge is 0.107 e. The Bertz CT molecular complexity index is 354. The molecular formula is C12H20N2OS. The minimum Gasteiger partial charge on any atom is -0.389 e. The number of nitrogens with zero attached hydrogens (tertiary/aromatic N) is 2. The molecule has 0 aliphatic carbocycles. The van der Waals surface area contributed by atoms with E-state index in [2.05, 4.69) is 23.7 Å². The van der Waals surface area contributed by atoms with E-state index in [0.717, 1.165) is 38.2 Å². The summed E-state index contributed by atoms with van der Waals surface area (Å²) in [6.45, 7) is 8.83. The highest BCUT2D eigenvalue weighted by atomic mass is 32.1. The van der Waals surface area contributed by atoms with Crippen LogP contribution in [0.25, 0.3) is 0 Å². The first-order valence-electron chi connectivity index (χ1n) is 5.84. The molecule has 2 heterocycles. The minimum absolute atomic E-state index is 0.514. The van der Waals surface area contributed by atoms with Crippen LogP contribution in [-0.4, -0.2) is 33.7 Å². The van der Waals surface area contributed by atoms with Gasteiger partial charge in [-0.1, -0.05) is 0 Å². The Morgan fingerprint density at radius 2 is 2.25 bits per heavy atom. The van der Waals surface area contributed by atoms with E-state index >= 15 is 0 Å². The second-order valence-corrected chi connectivity index (χ2v) is 6.35. The molecule has 0 amide bonds. The fourth-order valence-corrected chi connectivity index (χ4v) is 3.23. The molecule has 0 spiro atoms. The summed E-state index contributed by atoms with van der Waals surface area (Å²) < 4.78 is 0. The van der Waals surface area contributed by atoms with Gasteiger partial charge in [0.2, 0.25) is 0 Å². The number of aromatic nitrogens is 1. The van der Waals surface area contributed by atoms with Crippen LogP contribution in [0.1, 0.15) is 35.3 Å². The van der Waals surface area contributed by atoms with Gasteiger partial charge in [0.25, 0.3) is 0 Å². The van der Waals surface area contributed by atoms with Gasteiger partial charge in [-0.25, -0.2) is 4.98 Å². The molecule has 1 saturated heterocycles. The van der Waals surface area contributed by atoms with Crippen LogP contribution in [0, 0.1) is 13.8 Å². The van der Waals surface area contributed by atoms with E-state index in [9.17, 15) is 5.11 Å². The standard InChI is InChI=1S/C12H20N2OS/c1-9-10(2)16-11(13-9)7-14-6-4-5-12(3,15)8-14/h15H,4-8H2,1-3H3. The Morgan fingerprint density at radius 3 is 2.81 bits per heavy atom.